The normalized spacial score (nSPS) is 18.9. The van der Waals surface area contributed by atoms with Crippen LogP contribution in [0.25, 0.3) is 0 Å². The maximum absolute atomic E-state index is 5.88. The third-order valence-electron chi connectivity index (χ3n) is 4.14. The van der Waals surface area contributed by atoms with Crippen LogP contribution in [0.1, 0.15) is 33.3 Å². The van der Waals surface area contributed by atoms with Crippen molar-refractivity contribution in [1.82, 2.24) is 4.90 Å². The Morgan fingerprint density at radius 2 is 1.81 bits per heavy atom. The molecule has 0 amide bonds. The second-order valence-electron chi connectivity index (χ2n) is 7.11. The summed E-state index contributed by atoms with van der Waals surface area (Å²) in [6.07, 6.45) is 0.927. The summed E-state index contributed by atoms with van der Waals surface area (Å²) in [7, 11) is 0. The molecule has 2 N–H and O–H groups in total. The molecule has 1 atom stereocenters. The molecule has 0 aromatic heterocycles. The van der Waals surface area contributed by atoms with E-state index in [1.54, 1.807) is 0 Å². The fourth-order valence-electron chi connectivity index (χ4n) is 2.92. The quantitative estimate of drug-likeness (QED) is 0.904. The van der Waals surface area contributed by atoms with E-state index >= 15 is 0 Å². The summed E-state index contributed by atoms with van der Waals surface area (Å²) in [5.41, 5.74) is 8.75. The average Bonchev–Trinajstić information content (AvgIpc) is 2.37. The molecule has 1 heterocycles. The number of anilines is 1. The monoisotopic (exact) mass is 353 g/mol. The third-order valence-corrected chi connectivity index (χ3v) is 4.77. The lowest BCUT2D eigenvalue weighted by atomic mass is 10.0. The molecule has 0 radical (unpaired) electrons. The summed E-state index contributed by atoms with van der Waals surface area (Å²) >= 11 is 3.73. The van der Waals surface area contributed by atoms with E-state index in [0.29, 0.717) is 0 Å². The van der Waals surface area contributed by atoms with Crippen molar-refractivity contribution in [3.63, 3.8) is 0 Å². The Morgan fingerprint density at radius 1 is 1.19 bits per heavy atom. The molecule has 0 saturated carbocycles. The standard InChI is InChI=1S/C17H28BrN3/c1-13(19)11-14-5-6-16(15(18)12-14)20-7-9-21(10-8-20)17(2,3)4/h5-6,12-13H,7-11,19H2,1-4H3. The van der Waals surface area contributed by atoms with Gasteiger partial charge in [0.05, 0.1) is 5.69 Å². The Kier molecular flexibility index (Phi) is 5.33. The predicted molar refractivity (Wildman–Crippen MR) is 95.0 cm³/mol. The summed E-state index contributed by atoms with van der Waals surface area (Å²) in [5.74, 6) is 0. The van der Waals surface area contributed by atoms with Gasteiger partial charge in [-0.15, -0.1) is 0 Å². The summed E-state index contributed by atoms with van der Waals surface area (Å²) in [4.78, 5) is 5.03. The molecule has 1 aliphatic rings. The highest BCUT2D eigenvalue weighted by molar-refractivity contribution is 9.10. The second kappa shape index (κ2) is 6.67. The average molecular weight is 354 g/mol. The van der Waals surface area contributed by atoms with E-state index in [9.17, 15) is 0 Å². The number of benzene rings is 1. The summed E-state index contributed by atoms with van der Waals surface area (Å²) < 4.78 is 1.19. The zero-order chi connectivity index (χ0) is 15.6. The molecule has 21 heavy (non-hydrogen) atoms. The van der Waals surface area contributed by atoms with Crippen LogP contribution in [0.2, 0.25) is 0 Å². The molecule has 1 aromatic carbocycles. The van der Waals surface area contributed by atoms with Crippen LogP contribution in [0.5, 0.6) is 0 Å². The Bertz CT molecular complexity index is 471. The first-order valence-electron chi connectivity index (χ1n) is 7.81. The molecule has 2 rings (SSSR count). The fraction of sp³-hybridized carbons (Fsp3) is 0.647. The van der Waals surface area contributed by atoms with Crippen LogP contribution in [0.15, 0.2) is 22.7 Å². The van der Waals surface area contributed by atoms with E-state index in [1.807, 2.05) is 6.92 Å². The minimum atomic E-state index is 0.207. The van der Waals surface area contributed by atoms with Gasteiger partial charge >= 0.3 is 0 Å². The molecule has 1 saturated heterocycles. The lowest BCUT2D eigenvalue weighted by Gasteiger charge is -2.43. The van der Waals surface area contributed by atoms with Gasteiger partial charge in [-0.05, 0) is 67.7 Å². The van der Waals surface area contributed by atoms with Crippen molar-refractivity contribution in [1.29, 1.82) is 0 Å². The van der Waals surface area contributed by atoms with Crippen molar-refractivity contribution in [3.05, 3.63) is 28.2 Å². The van der Waals surface area contributed by atoms with Crippen LogP contribution >= 0.6 is 15.9 Å². The summed E-state index contributed by atoms with van der Waals surface area (Å²) in [5, 5.41) is 0. The molecule has 0 spiro atoms. The lowest BCUT2D eigenvalue weighted by molar-refractivity contribution is 0.128. The van der Waals surface area contributed by atoms with Gasteiger partial charge in [0.25, 0.3) is 0 Å². The van der Waals surface area contributed by atoms with Crippen LogP contribution in [-0.4, -0.2) is 42.7 Å². The Labute approximate surface area is 137 Å². The molecule has 4 heteroatoms. The number of nitrogens with two attached hydrogens (primary N) is 1. The SMILES string of the molecule is CC(N)Cc1ccc(N2CCN(C(C)(C)C)CC2)c(Br)c1. The zero-order valence-corrected chi connectivity index (χ0v) is 15.3. The highest BCUT2D eigenvalue weighted by Crippen LogP contribution is 2.29. The van der Waals surface area contributed by atoms with Gasteiger partial charge in [0.1, 0.15) is 0 Å². The molecule has 3 nitrogen and oxygen atoms in total. The molecule has 1 fully saturated rings. The first-order valence-corrected chi connectivity index (χ1v) is 8.60. The van der Waals surface area contributed by atoms with Crippen molar-refractivity contribution in [3.8, 4) is 0 Å². The Morgan fingerprint density at radius 3 is 2.29 bits per heavy atom. The van der Waals surface area contributed by atoms with Gasteiger partial charge in [-0.3, -0.25) is 4.90 Å². The molecular formula is C17H28BrN3. The van der Waals surface area contributed by atoms with Gasteiger partial charge in [0, 0.05) is 42.2 Å². The topological polar surface area (TPSA) is 32.5 Å². The van der Waals surface area contributed by atoms with Crippen LogP contribution in [0, 0.1) is 0 Å². The second-order valence-corrected chi connectivity index (χ2v) is 7.97. The van der Waals surface area contributed by atoms with Gasteiger partial charge in [-0.1, -0.05) is 6.07 Å². The highest BCUT2D eigenvalue weighted by Gasteiger charge is 2.26. The van der Waals surface area contributed by atoms with Crippen LogP contribution in [0.3, 0.4) is 0 Å². The first kappa shape index (κ1) is 16.8. The van der Waals surface area contributed by atoms with Crippen molar-refractivity contribution in [2.75, 3.05) is 31.1 Å². The van der Waals surface area contributed by atoms with Gasteiger partial charge in [-0.2, -0.15) is 0 Å². The van der Waals surface area contributed by atoms with E-state index in [0.717, 1.165) is 32.6 Å². The van der Waals surface area contributed by atoms with Gasteiger partial charge in [0.2, 0.25) is 0 Å². The van der Waals surface area contributed by atoms with Crippen LogP contribution < -0.4 is 10.6 Å². The van der Waals surface area contributed by atoms with Crippen molar-refractivity contribution in [2.24, 2.45) is 5.73 Å². The summed E-state index contributed by atoms with van der Waals surface area (Å²) in [6.45, 7) is 13.3. The number of nitrogens with zero attached hydrogens (tertiary/aromatic N) is 2. The predicted octanol–water partition coefficient (Wildman–Crippen LogP) is 3.26. The number of hydrogen-bond acceptors (Lipinski definition) is 3. The minimum Gasteiger partial charge on any atom is -0.368 e. The minimum absolute atomic E-state index is 0.207. The number of piperazine rings is 1. The van der Waals surface area contributed by atoms with Crippen LogP contribution in [-0.2, 0) is 6.42 Å². The smallest absolute Gasteiger partial charge is 0.0511 e. The fourth-order valence-corrected chi connectivity index (χ4v) is 3.60. The molecular weight excluding hydrogens is 326 g/mol. The van der Waals surface area contributed by atoms with Crippen molar-refractivity contribution >= 4 is 21.6 Å². The highest BCUT2D eigenvalue weighted by atomic mass is 79.9. The maximum Gasteiger partial charge on any atom is 0.0511 e. The molecule has 118 valence electrons. The van der Waals surface area contributed by atoms with E-state index < -0.39 is 0 Å². The van der Waals surface area contributed by atoms with Crippen molar-refractivity contribution < 1.29 is 0 Å². The number of halogens is 1. The summed E-state index contributed by atoms with van der Waals surface area (Å²) in [6, 6.07) is 6.86. The largest absolute Gasteiger partial charge is 0.368 e. The first-order chi connectivity index (χ1) is 9.77. The molecule has 1 unspecified atom stereocenters. The van der Waals surface area contributed by atoms with E-state index in [-0.39, 0.29) is 11.6 Å². The molecule has 1 aromatic rings. The molecule has 0 aliphatic carbocycles. The lowest BCUT2D eigenvalue weighted by Crippen LogP contribution is -2.53. The Balaban J connectivity index is 2.04. The van der Waals surface area contributed by atoms with Crippen LogP contribution in [0.4, 0.5) is 5.69 Å². The maximum atomic E-state index is 5.88. The third kappa shape index (κ3) is 4.44. The van der Waals surface area contributed by atoms with Gasteiger partial charge in [-0.25, -0.2) is 0 Å². The van der Waals surface area contributed by atoms with Crippen molar-refractivity contribution in [2.45, 2.75) is 45.7 Å². The number of hydrogen-bond donors (Lipinski definition) is 1. The molecule has 1 aliphatic heterocycles. The van der Waals surface area contributed by atoms with Gasteiger partial charge in [0.15, 0.2) is 0 Å². The molecule has 0 bridgehead atoms. The van der Waals surface area contributed by atoms with E-state index in [4.69, 9.17) is 5.73 Å². The van der Waals surface area contributed by atoms with Gasteiger partial charge < -0.3 is 10.6 Å². The Hall–Kier alpha value is -0.580. The zero-order valence-electron chi connectivity index (χ0n) is 13.7. The van der Waals surface area contributed by atoms with E-state index in [1.165, 1.54) is 15.7 Å². The number of rotatable bonds is 3. The van der Waals surface area contributed by atoms with E-state index in [2.05, 4.69) is 64.7 Å².